The highest BCUT2D eigenvalue weighted by molar-refractivity contribution is 5.62. The Morgan fingerprint density at radius 2 is 0.721 bits per heavy atom. The Morgan fingerprint density at radius 1 is 0.426 bits per heavy atom. The molecule has 0 N–H and O–H groups in total. The van der Waals surface area contributed by atoms with Gasteiger partial charge in [-0.3, -0.25) is 0 Å². The number of rotatable bonds is 34. The molecular formula is C56H82N4O. The minimum Gasteiger partial charge on any atom is -0.457 e. The summed E-state index contributed by atoms with van der Waals surface area (Å²) in [6.07, 6.45) is 42.9. The topological polar surface area (TPSA) is 63.3 Å². The molecule has 0 fully saturated rings. The standard InChI is InChI=1S/C56H82N4O/c1-5-9-13-17-21-25-41-59(42-26-22-18-14-10-6-2)53-35-29-49(30-36-53)33-39-55-45-51(52(47-57)48-58)46-56(61-55)40-34-50-31-37-54(38-32-50)60(43-27-23-19-15-11-7-3)44-28-24-20-16-12-8-4/h29-40,45-46H,5-28,41-44H2,1-4H3/b39-33-,40-34+. The normalized spacial score (nSPS) is 12.6. The Labute approximate surface area is 374 Å². The second kappa shape index (κ2) is 33.2. The van der Waals surface area contributed by atoms with Crippen LogP contribution < -0.4 is 9.80 Å². The molecule has 5 nitrogen and oxygen atoms in total. The summed E-state index contributed by atoms with van der Waals surface area (Å²) in [5, 5.41) is 19.5. The van der Waals surface area contributed by atoms with Gasteiger partial charge in [-0.15, -0.1) is 0 Å². The molecule has 1 aliphatic rings. The van der Waals surface area contributed by atoms with Gasteiger partial charge in [0.1, 0.15) is 29.2 Å². The smallest absolute Gasteiger partial charge is 0.137 e. The highest BCUT2D eigenvalue weighted by Gasteiger charge is 2.13. The van der Waals surface area contributed by atoms with E-state index in [1.807, 2.05) is 24.3 Å². The van der Waals surface area contributed by atoms with Crippen molar-refractivity contribution in [2.45, 2.75) is 182 Å². The second-order valence-corrected chi connectivity index (χ2v) is 17.1. The van der Waals surface area contributed by atoms with Gasteiger partial charge in [0.2, 0.25) is 0 Å². The number of anilines is 2. The van der Waals surface area contributed by atoms with Gasteiger partial charge in [0.05, 0.1) is 0 Å². The lowest BCUT2D eigenvalue weighted by Crippen LogP contribution is -2.25. The Balaban J connectivity index is 1.68. The highest BCUT2D eigenvalue weighted by atomic mass is 16.5. The summed E-state index contributed by atoms with van der Waals surface area (Å²) >= 11 is 0. The molecule has 5 heteroatoms. The Hall–Kier alpha value is -4.48. The van der Waals surface area contributed by atoms with Gasteiger partial charge in [-0.2, -0.15) is 10.5 Å². The van der Waals surface area contributed by atoms with Crippen LogP contribution in [0.4, 0.5) is 11.4 Å². The van der Waals surface area contributed by atoms with Crippen LogP contribution in [0.2, 0.25) is 0 Å². The van der Waals surface area contributed by atoms with Crippen molar-refractivity contribution in [2.75, 3.05) is 36.0 Å². The summed E-state index contributed by atoms with van der Waals surface area (Å²) in [5.74, 6) is 1.18. The summed E-state index contributed by atoms with van der Waals surface area (Å²) in [6.45, 7) is 13.5. The molecule has 0 spiro atoms. The number of ether oxygens (including phenoxy) is 1. The van der Waals surface area contributed by atoms with E-state index in [2.05, 4.69) is 98.2 Å². The van der Waals surface area contributed by atoms with Gasteiger partial charge in [0.25, 0.3) is 0 Å². The van der Waals surface area contributed by atoms with Crippen LogP contribution in [-0.2, 0) is 4.74 Å². The molecule has 0 unspecified atom stereocenters. The predicted octanol–water partition coefficient (Wildman–Crippen LogP) is 16.6. The van der Waals surface area contributed by atoms with Gasteiger partial charge < -0.3 is 14.5 Å². The monoisotopic (exact) mass is 827 g/mol. The molecule has 0 bridgehead atoms. The minimum atomic E-state index is 0.0699. The van der Waals surface area contributed by atoms with Gasteiger partial charge in [0, 0.05) is 43.1 Å². The van der Waals surface area contributed by atoms with Crippen molar-refractivity contribution in [3.63, 3.8) is 0 Å². The van der Waals surface area contributed by atoms with E-state index >= 15 is 0 Å². The van der Waals surface area contributed by atoms with Crippen LogP contribution in [0.3, 0.4) is 0 Å². The van der Waals surface area contributed by atoms with Crippen LogP contribution >= 0.6 is 0 Å². The molecule has 0 saturated heterocycles. The molecule has 2 aromatic carbocycles. The van der Waals surface area contributed by atoms with Crippen LogP contribution in [0, 0.1) is 22.7 Å². The summed E-state index contributed by atoms with van der Waals surface area (Å²) in [5.41, 5.74) is 5.36. The Kier molecular flexibility index (Phi) is 27.7. The minimum absolute atomic E-state index is 0.0699. The van der Waals surface area contributed by atoms with Gasteiger partial charge in [0.15, 0.2) is 0 Å². The van der Waals surface area contributed by atoms with E-state index < -0.39 is 0 Å². The third-order valence-corrected chi connectivity index (χ3v) is 11.9. The molecule has 0 amide bonds. The van der Waals surface area contributed by atoms with Crippen LogP contribution in [0.15, 0.2) is 95.5 Å². The molecular weight excluding hydrogens is 745 g/mol. The first-order chi connectivity index (χ1) is 30.0. The lowest BCUT2D eigenvalue weighted by molar-refractivity contribution is 0.332. The largest absolute Gasteiger partial charge is 0.457 e. The maximum atomic E-state index is 9.74. The van der Waals surface area contributed by atoms with Crippen LogP contribution in [-0.4, -0.2) is 26.2 Å². The van der Waals surface area contributed by atoms with Crippen molar-refractivity contribution < 1.29 is 4.74 Å². The molecule has 0 radical (unpaired) electrons. The molecule has 1 heterocycles. The predicted molar refractivity (Wildman–Crippen MR) is 264 cm³/mol. The number of hydrogen-bond donors (Lipinski definition) is 0. The summed E-state index contributed by atoms with van der Waals surface area (Å²) < 4.78 is 6.32. The van der Waals surface area contributed by atoms with Crippen LogP contribution in [0.25, 0.3) is 12.2 Å². The lowest BCUT2D eigenvalue weighted by atomic mass is 10.0. The molecule has 0 aliphatic carbocycles. The van der Waals surface area contributed by atoms with Crippen LogP contribution in [0.1, 0.15) is 193 Å². The molecule has 0 saturated carbocycles. The van der Waals surface area contributed by atoms with Gasteiger partial charge in [-0.1, -0.05) is 193 Å². The number of nitrogens with zero attached hydrogens (tertiary/aromatic N) is 4. The Bertz CT molecular complexity index is 1540. The third-order valence-electron chi connectivity index (χ3n) is 11.9. The van der Waals surface area contributed by atoms with E-state index in [1.165, 1.54) is 165 Å². The van der Waals surface area contributed by atoms with Gasteiger partial charge in [-0.25, -0.2) is 0 Å². The van der Waals surface area contributed by atoms with Crippen LogP contribution in [0.5, 0.6) is 0 Å². The molecule has 61 heavy (non-hydrogen) atoms. The average Bonchev–Trinajstić information content (AvgIpc) is 3.29. The number of nitriles is 2. The maximum absolute atomic E-state index is 9.74. The van der Waals surface area contributed by atoms with Gasteiger partial charge in [-0.05, 0) is 85.4 Å². The van der Waals surface area contributed by atoms with Crippen molar-refractivity contribution in [1.29, 1.82) is 10.5 Å². The molecule has 0 aromatic heterocycles. The first kappa shape index (κ1) is 50.9. The van der Waals surface area contributed by atoms with E-state index in [-0.39, 0.29) is 5.57 Å². The average molecular weight is 827 g/mol. The maximum Gasteiger partial charge on any atom is 0.137 e. The SMILES string of the molecule is CCCCCCCCN(CCCCCCCC)c1ccc(/C=C\C2=CC(=C(C#N)C#N)C=C(/C=C/c3ccc(N(CCCCCCCC)CCCCCCCC)cc3)O2)cc1. The summed E-state index contributed by atoms with van der Waals surface area (Å²) in [6, 6.07) is 21.9. The van der Waals surface area contributed by atoms with Gasteiger partial charge >= 0.3 is 0 Å². The van der Waals surface area contributed by atoms with Crippen molar-refractivity contribution in [2.24, 2.45) is 0 Å². The zero-order chi connectivity index (χ0) is 43.6. The fourth-order valence-electron chi connectivity index (χ4n) is 8.03. The van der Waals surface area contributed by atoms with E-state index in [0.29, 0.717) is 17.1 Å². The van der Waals surface area contributed by atoms with Crippen molar-refractivity contribution in [1.82, 2.24) is 0 Å². The summed E-state index contributed by atoms with van der Waals surface area (Å²) in [4.78, 5) is 5.17. The van der Waals surface area contributed by atoms with Crippen molar-refractivity contribution in [3.8, 4) is 12.1 Å². The first-order valence-corrected chi connectivity index (χ1v) is 24.8. The van der Waals surface area contributed by atoms with Crippen molar-refractivity contribution >= 4 is 23.5 Å². The fourth-order valence-corrected chi connectivity index (χ4v) is 8.03. The Morgan fingerprint density at radius 3 is 1.02 bits per heavy atom. The number of hydrogen-bond acceptors (Lipinski definition) is 5. The number of allylic oxidation sites excluding steroid dienone is 6. The third kappa shape index (κ3) is 21.7. The molecule has 3 rings (SSSR count). The number of unbranched alkanes of at least 4 members (excludes halogenated alkanes) is 20. The van der Waals surface area contributed by atoms with E-state index in [1.54, 1.807) is 12.2 Å². The fraction of sp³-hybridized carbons (Fsp3) is 0.571. The van der Waals surface area contributed by atoms with E-state index in [9.17, 15) is 10.5 Å². The number of benzene rings is 2. The quantitative estimate of drug-likeness (QED) is 0.0519. The second-order valence-electron chi connectivity index (χ2n) is 17.1. The molecule has 1 aliphatic heterocycles. The van der Waals surface area contributed by atoms with Crippen molar-refractivity contribution in [3.05, 3.63) is 107 Å². The molecule has 0 atom stereocenters. The zero-order valence-electron chi connectivity index (χ0n) is 39.1. The highest BCUT2D eigenvalue weighted by Crippen LogP contribution is 2.26. The van der Waals surface area contributed by atoms with E-state index in [0.717, 1.165) is 37.3 Å². The molecule has 332 valence electrons. The summed E-state index contributed by atoms with van der Waals surface area (Å²) in [7, 11) is 0. The molecule has 2 aromatic rings. The first-order valence-electron chi connectivity index (χ1n) is 24.8. The lowest BCUT2D eigenvalue weighted by Gasteiger charge is -2.25. The van der Waals surface area contributed by atoms with E-state index in [4.69, 9.17) is 4.74 Å². The zero-order valence-corrected chi connectivity index (χ0v) is 39.1.